The van der Waals surface area contributed by atoms with Crippen LogP contribution in [0.2, 0.25) is 5.15 Å². The Morgan fingerprint density at radius 1 is 1.05 bits per heavy atom. The molecular weight excluding hydrogens is 532 g/mol. The van der Waals surface area contributed by atoms with E-state index in [0.717, 1.165) is 44.3 Å². The Kier molecular flexibility index (Phi) is 8.56. The van der Waals surface area contributed by atoms with Crippen LogP contribution in [0.5, 0.6) is 0 Å². The summed E-state index contributed by atoms with van der Waals surface area (Å²) < 4.78 is 1.51. The number of hydrogen-bond acceptors (Lipinski definition) is 7. The summed E-state index contributed by atoms with van der Waals surface area (Å²) in [5.74, 6) is -0.407. The molecule has 3 aromatic rings. The highest BCUT2D eigenvalue weighted by Crippen LogP contribution is 2.28. The standard InChI is InChI=1S/C29H33ClN6O4/c1-19(37)29-23-15-20(14-22(38)16-34-12-3-2-4-13-34)8-11-24(23)36(33-29)18-28(40)35(21-9-10-21)17-27(39)32-26-7-5-6-25(30)31-26/h5-8,11,15,21H,2-4,9-10,12-14,16-18H2,1H3,(H,31,32,39). The zero-order valence-electron chi connectivity index (χ0n) is 22.6. The first kappa shape index (κ1) is 27.9. The minimum absolute atomic E-state index is 0.0165. The molecule has 2 aliphatic rings. The molecule has 3 heterocycles. The number of nitrogens with zero attached hydrogens (tertiary/aromatic N) is 5. The number of anilines is 1. The summed E-state index contributed by atoms with van der Waals surface area (Å²) in [6.45, 7) is 3.54. The molecule has 1 saturated heterocycles. The molecule has 1 N–H and O–H groups in total. The molecule has 0 radical (unpaired) electrons. The van der Waals surface area contributed by atoms with Crippen LogP contribution in [0.3, 0.4) is 0 Å². The van der Waals surface area contributed by atoms with E-state index in [9.17, 15) is 19.2 Å². The van der Waals surface area contributed by atoms with E-state index >= 15 is 0 Å². The lowest BCUT2D eigenvalue weighted by atomic mass is 10.0. The third-order valence-electron chi connectivity index (χ3n) is 7.29. The fourth-order valence-corrected chi connectivity index (χ4v) is 5.37. The van der Waals surface area contributed by atoms with E-state index in [-0.39, 0.29) is 59.8 Å². The number of ketones is 2. The number of benzene rings is 1. The molecule has 210 valence electrons. The predicted octanol–water partition coefficient (Wildman–Crippen LogP) is 3.51. The molecule has 40 heavy (non-hydrogen) atoms. The van der Waals surface area contributed by atoms with E-state index in [2.05, 4.69) is 20.3 Å². The molecule has 2 fully saturated rings. The summed E-state index contributed by atoms with van der Waals surface area (Å²) in [7, 11) is 0. The highest BCUT2D eigenvalue weighted by molar-refractivity contribution is 6.29. The second-order valence-electron chi connectivity index (χ2n) is 10.6. The van der Waals surface area contributed by atoms with Crippen molar-refractivity contribution in [3.8, 4) is 0 Å². The Morgan fingerprint density at radius 3 is 2.52 bits per heavy atom. The van der Waals surface area contributed by atoms with Gasteiger partial charge in [-0.25, -0.2) is 4.98 Å². The van der Waals surface area contributed by atoms with Crippen molar-refractivity contribution in [2.24, 2.45) is 0 Å². The fraction of sp³-hybridized carbons (Fsp3) is 0.448. The van der Waals surface area contributed by atoms with Gasteiger partial charge in [0.2, 0.25) is 11.8 Å². The number of nitrogens with one attached hydrogen (secondary N) is 1. The third kappa shape index (κ3) is 6.92. The average Bonchev–Trinajstić information content (AvgIpc) is 3.69. The number of rotatable bonds is 11. The number of pyridine rings is 1. The topological polar surface area (TPSA) is 118 Å². The molecule has 0 bridgehead atoms. The molecule has 1 aliphatic carbocycles. The molecule has 1 saturated carbocycles. The van der Waals surface area contributed by atoms with E-state index in [0.29, 0.717) is 23.3 Å². The molecular formula is C29H33ClN6O4. The third-order valence-corrected chi connectivity index (χ3v) is 7.50. The molecule has 5 rings (SSSR count). The normalized spacial score (nSPS) is 15.7. The van der Waals surface area contributed by atoms with Crippen molar-refractivity contribution in [1.82, 2.24) is 24.6 Å². The van der Waals surface area contributed by atoms with E-state index in [1.54, 1.807) is 23.1 Å². The SMILES string of the molecule is CC(=O)c1nn(CC(=O)N(CC(=O)Nc2cccc(Cl)n2)C2CC2)c2ccc(CC(=O)CN3CCCCC3)cc12. The molecule has 2 aromatic heterocycles. The van der Waals surface area contributed by atoms with Gasteiger partial charge in [-0.3, -0.25) is 28.8 Å². The molecule has 0 spiro atoms. The first-order chi connectivity index (χ1) is 19.3. The van der Waals surface area contributed by atoms with Gasteiger partial charge in [0.05, 0.1) is 12.1 Å². The maximum absolute atomic E-state index is 13.4. The van der Waals surface area contributed by atoms with E-state index in [4.69, 9.17) is 11.6 Å². The number of likely N-dealkylation sites (tertiary alicyclic amines) is 1. The van der Waals surface area contributed by atoms with Crippen LogP contribution < -0.4 is 5.32 Å². The number of carbonyl (C=O) groups is 4. The minimum atomic E-state index is -0.372. The minimum Gasteiger partial charge on any atom is -0.329 e. The Balaban J connectivity index is 1.29. The number of halogens is 1. The van der Waals surface area contributed by atoms with Gasteiger partial charge in [-0.15, -0.1) is 0 Å². The molecule has 1 aromatic carbocycles. The van der Waals surface area contributed by atoms with Crippen LogP contribution in [0, 0.1) is 0 Å². The smallest absolute Gasteiger partial charge is 0.245 e. The first-order valence-corrected chi connectivity index (χ1v) is 14.1. The molecule has 0 atom stereocenters. The van der Waals surface area contributed by atoms with Crippen molar-refractivity contribution in [2.45, 2.75) is 58.0 Å². The van der Waals surface area contributed by atoms with Gasteiger partial charge in [0, 0.05) is 24.8 Å². The van der Waals surface area contributed by atoms with Gasteiger partial charge in [-0.1, -0.05) is 30.2 Å². The number of hydrogen-bond donors (Lipinski definition) is 1. The van der Waals surface area contributed by atoms with Gasteiger partial charge >= 0.3 is 0 Å². The number of aromatic nitrogens is 3. The van der Waals surface area contributed by atoms with Crippen LogP contribution in [-0.4, -0.2) is 80.2 Å². The highest BCUT2D eigenvalue weighted by atomic mass is 35.5. The van der Waals surface area contributed by atoms with E-state index in [1.807, 2.05) is 18.2 Å². The van der Waals surface area contributed by atoms with Crippen LogP contribution in [0.15, 0.2) is 36.4 Å². The number of Topliss-reactive ketones (excluding diaryl/α,β-unsaturated/α-hetero) is 2. The Morgan fingerprint density at radius 2 is 1.82 bits per heavy atom. The van der Waals surface area contributed by atoms with Gasteiger partial charge in [-0.05, 0) is 68.6 Å². The average molecular weight is 565 g/mol. The lowest BCUT2D eigenvalue weighted by Crippen LogP contribution is -2.41. The van der Waals surface area contributed by atoms with Crippen LogP contribution in [0.4, 0.5) is 5.82 Å². The van der Waals surface area contributed by atoms with E-state index in [1.165, 1.54) is 18.0 Å². The Hall–Kier alpha value is -3.63. The molecule has 11 heteroatoms. The zero-order valence-corrected chi connectivity index (χ0v) is 23.3. The molecule has 2 amide bonds. The van der Waals surface area contributed by atoms with E-state index < -0.39 is 0 Å². The summed E-state index contributed by atoms with van der Waals surface area (Å²) in [6, 6.07) is 10.4. The van der Waals surface area contributed by atoms with Gasteiger partial charge < -0.3 is 10.2 Å². The number of fused-ring (bicyclic) bond motifs is 1. The van der Waals surface area contributed by atoms with Crippen molar-refractivity contribution in [3.63, 3.8) is 0 Å². The van der Waals surface area contributed by atoms with Crippen LogP contribution >= 0.6 is 11.6 Å². The van der Waals surface area contributed by atoms with Crippen molar-refractivity contribution in [3.05, 3.63) is 52.8 Å². The summed E-state index contributed by atoms with van der Waals surface area (Å²) in [4.78, 5) is 59.0. The van der Waals surface area contributed by atoms with Crippen LogP contribution in [0.1, 0.15) is 55.1 Å². The fourth-order valence-electron chi connectivity index (χ4n) is 5.21. The molecule has 10 nitrogen and oxygen atoms in total. The largest absolute Gasteiger partial charge is 0.329 e. The first-order valence-electron chi connectivity index (χ1n) is 13.7. The number of piperidine rings is 1. The van der Waals surface area contributed by atoms with Gasteiger partial charge in [0.25, 0.3) is 0 Å². The maximum Gasteiger partial charge on any atom is 0.245 e. The summed E-state index contributed by atoms with van der Waals surface area (Å²) in [5, 5.41) is 8.02. The van der Waals surface area contributed by atoms with Gasteiger partial charge in [0.15, 0.2) is 11.6 Å². The second-order valence-corrected chi connectivity index (χ2v) is 11.0. The van der Waals surface area contributed by atoms with Crippen molar-refractivity contribution < 1.29 is 19.2 Å². The van der Waals surface area contributed by atoms with Gasteiger partial charge in [-0.2, -0.15) is 5.10 Å². The quantitative estimate of drug-likeness (QED) is 0.280. The maximum atomic E-state index is 13.4. The molecule has 1 aliphatic heterocycles. The number of carbonyl (C=O) groups excluding carboxylic acids is 4. The lowest BCUT2D eigenvalue weighted by molar-refractivity contribution is -0.135. The molecule has 0 unspecified atom stereocenters. The van der Waals surface area contributed by atoms with Crippen molar-refractivity contribution in [1.29, 1.82) is 0 Å². The lowest BCUT2D eigenvalue weighted by Gasteiger charge is -2.25. The van der Waals surface area contributed by atoms with Crippen LogP contribution in [-0.2, 0) is 27.3 Å². The van der Waals surface area contributed by atoms with Crippen molar-refractivity contribution in [2.75, 3.05) is 31.5 Å². The summed E-state index contributed by atoms with van der Waals surface area (Å²) >= 11 is 5.90. The van der Waals surface area contributed by atoms with Crippen molar-refractivity contribution >= 4 is 51.7 Å². The second kappa shape index (κ2) is 12.3. The monoisotopic (exact) mass is 564 g/mol. The highest BCUT2D eigenvalue weighted by Gasteiger charge is 2.34. The summed E-state index contributed by atoms with van der Waals surface area (Å²) in [6.07, 6.45) is 5.39. The summed E-state index contributed by atoms with van der Waals surface area (Å²) in [5.41, 5.74) is 1.71. The Bertz CT molecular complexity index is 1440. The predicted molar refractivity (Wildman–Crippen MR) is 151 cm³/mol. The Labute approximate surface area is 237 Å². The number of amides is 2. The van der Waals surface area contributed by atoms with Crippen LogP contribution in [0.25, 0.3) is 10.9 Å². The van der Waals surface area contributed by atoms with Gasteiger partial charge in [0.1, 0.15) is 29.8 Å². The zero-order chi connectivity index (χ0) is 28.2.